The largest absolute Gasteiger partial charge is 0.478 e. The number of hydrogen-bond acceptors (Lipinski definition) is 4. The Bertz CT molecular complexity index is 416. The zero-order valence-electron chi connectivity index (χ0n) is 13.5. The van der Waals surface area contributed by atoms with Crippen molar-refractivity contribution in [2.24, 2.45) is 0 Å². The van der Waals surface area contributed by atoms with Crippen LogP contribution in [0.2, 0.25) is 0 Å². The lowest BCUT2D eigenvalue weighted by molar-refractivity contribution is 0.301. The van der Waals surface area contributed by atoms with Gasteiger partial charge in [0.25, 0.3) is 0 Å². The number of hydrogen-bond donors (Lipinski definition) is 1. The number of ether oxygens (including phenoxy) is 1. The highest BCUT2D eigenvalue weighted by Crippen LogP contribution is 2.32. The van der Waals surface area contributed by atoms with Crippen LogP contribution >= 0.6 is 0 Å². The summed E-state index contributed by atoms with van der Waals surface area (Å²) >= 11 is 0. The van der Waals surface area contributed by atoms with Crippen LogP contribution in [0.5, 0.6) is 5.88 Å². The molecule has 118 valence electrons. The van der Waals surface area contributed by atoms with Gasteiger partial charge in [-0.1, -0.05) is 39.5 Å². The third kappa shape index (κ3) is 5.18. The second-order valence-electron chi connectivity index (χ2n) is 5.91. The van der Waals surface area contributed by atoms with Crippen molar-refractivity contribution in [3.8, 4) is 5.88 Å². The smallest absolute Gasteiger partial charge is 0.218 e. The van der Waals surface area contributed by atoms with E-state index >= 15 is 0 Å². The van der Waals surface area contributed by atoms with E-state index < -0.39 is 0 Å². The molecule has 0 radical (unpaired) electrons. The van der Waals surface area contributed by atoms with E-state index in [0.717, 1.165) is 43.5 Å². The van der Waals surface area contributed by atoms with E-state index in [1.165, 1.54) is 38.5 Å². The Kier molecular flexibility index (Phi) is 6.77. The molecule has 0 amide bonds. The molecular formula is C17H29N3O. The van der Waals surface area contributed by atoms with Gasteiger partial charge in [0.05, 0.1) is 6.61 Å². The van der Waals surface area contributed by atoms with Crippen molar-refractivity contribution in [1.82, 2.24) is 9.97 Å². The summed E-state index contributed by atoms with van der Waals surface area (Å²) in [5.41, 5.74) is 0. The molecular weight excluding hydrogens is 262 g/mol. The van der Waals surface area contributed by atoms with E-state index in [4.69, 9.17) is 9.72 Å². The topological polar surface area (TPSA) is 47.0 Å². The normalized spacial score (nSPS) is 15.9. The molecule has 1 aliphatic carbocycles. The fourth-order valence-corrected chi connectivity index (χ4v) is 2.75. The van der Waals surface area contributed by atoms with Crippen molar-refractivity contribution in [3.63, 3.8) is 0 Å². The average Bonchev–Trinajstić information content (AvgIpc) is 2.54. The van der Waals surface area contributed by atoms with Crippen molar-refractivity contribution in [1.29, 1.82) is 0 Å². The highest BCUT2D eigenvalue weighted by atomic mass is 16.5. The van der Waals surface area contributed by atoms with Crippen LogP contribution in [0.1, 0.15) is 77.0 Å². The first-order chi connectivity index (χ1) is 10.3. The lowest BCUT2D eigenvalue weighted by Crippen LogP contribution is -2.12. The summed E-state index contributed by atoms with van der Waals surface area (Å²) in [5, 5.41) is 3.41. The van der Waals surface area contributed by atoms with E-state index in [1.807, 2.05) is 6.07 Å². The molecule has 1 aromatic heterocycles. The average molecular weight is 291 g/mol. The quantitative estimate of drug-likeness (QED) is 0.715. The Morgan fingerprint density at radius 1 is 1.14 bits per heavy atom. The molecule has 1 aromatic rings. The molecule has 0 atom stereocenters. The van der Waals surface area contributed by atoms with Crippen LogP contribution in [0.3, 0.4) is 0 Å². The lowest BCUT2D eigenvalue weighted by atomic mass is 9.89. The molecule has 2 rings (SSSR count). The molecule has 0 aromatic carbocycles. The zero-order chi connectivity index (χ0) is 14.9. The van der Waals surface area contributed by atoms with Crippen LogP contribution in [-0.2, 0) is 0 Å². The third-order valence-electron chi connectivity index (χ3n) is 3.98. The predicted octanol–water partition coefficient (Wildman–Crippen LogP) is 4.53. The van der Waals surface area contributed by atoms with Crippen molar-refractivity contribution in [3.05, 3.63) is 11.9 Å². The van der Waals surface area contributed by atoms with Gasteiger partial charge in [-0.15, -0.1) is 0 Å². The summed E-state index contributed by atoms with van der Waals surface area (Å²) in [7, 11) is 0. The van der Waals surface area contributed by atoms with E-state index in [0.29, 0.717) is 5.92 Å². The van der Waals surface area contributed by atoms with Gasteiger partial charge in [0, 0.05) is 18.5 Å². The molecule has 4 nitrogen and oxygen atoms in total. The van der Waals surface area contributed by atoms with Gasteiger partial charge >= 0.3 is 0 Å². The van der Waals surface area contributed by atoms with E-state index in [1.54, 1.807) is 0 Å². The van der Waals surface area contributed by atoms with E-state index in [2.05, 4.69) is 24.1 Å². The summed E-state index contributed by atoms with van der Waals surface area (Å²) < 4.78 is 5.74. The Balaban J connectivity index is 2.10. The van der Waals surface area contributed by atoms with E-state index in [-0.39, 0.29) is 0 Å². The highest BCUT2D eigenvalue weighted by Gasteiger charge is 2.19. The van der Waals surface area contributed by atoms with Crippen LogP contribution in [0.15, 0.2) is 6.07 Å². The van der Waals surface area contributed by atoms with Gasteiger partial charge in [-0.2, -0.15) is 4.98 Å². The summed E-state index contributed by atoms with van der Waals surface area (Å²) in [6, 6.07) is 1.94. The summed E-state index contributed by atoms with van der Waals surface area (Å²) in [5.74, 6) is 3.13. The number of anilines is 1. The van der Waals surface area contributed by atoms with E-state index in [9.17, 15) is 0 Å². The van der Waals surface area contributed by atoms with Crippen molar-refractivity contribution in [2.75, 3.05) is 18.5 Å². The molecule has 0 aliphatic heterocycles. The number of nitrogens with one attached hydrogen (secondary N) is 1. The molecule has 21 heavy (non-hydrogen) atoms. The summed E-state index contributed by atoms with van der Waals surface area (Å²) in [4.78, 5) is 9.38. The molecule has 0 unspecified atom stereocenters. The number of nitrogens with zero attached hydrogens (tertiary/aromatic N) is 2. The van der Waals surface area contributed by atoms with Gasteiger partial charge in [0.2, 0.25) is 5.88 Å². The van der Waals surface area contributed by atoms with Gasteiger partial charge in [0.15, 0.2) is 0 Å². The van der Waals surface area contributed by atoms with Gasteiger partial charge in [-0.05, 0) is 25.7 Å². The second kappa shape index (κ2) is 8.85. The highest BCUT2D eigenvalue weighted by molar-refractivity contribution is 5.39. The maximum atomic E-state index is 5.74. The first-order valence-electron chi connectivity index (χ1n) is 8.59. The summed E-state index contributed by atoms with van der Waals surface area (Å²) in [6.07, 6.45) is 9.72. The number of rotatable bonds is 8. The van der Waals surface area contributed by atoms with Crippen LogP contribution in [0.4, 0.5) is 5.82 Å². The monoisotopic (exact) mass is 291 g/mol. The minimum atomic E-state index is 0.510. The molecule has 1 saturated carbocycles. The van der Waals surface area contributed by atoms with Crippen LogP contribution < -0.4 is 10.1 Å². The molecule has 1 heterocycles. The maximum absolute atomic E-state index is 5.74. The fraction of sp³-hybridized carbons (Fsp3) is 0.765. The molecule has 1 aliphatic rings. The first kappa shape index (κ1) is 16.1. The minimum Gasteiger partial charge on any atom is -0.478 e. The Hall–Kier alpha value is -1.32. The standard InChI is InChI=1S/C17H29N3O/c1-3-5-11-18-15-13-16(21-12-4-2)20-17(19-15)14-9-7-6-8-10-14/h13-14H,3-12H2,1-2H3,(H,18,19,20). The minimum absolute atomic E-state index is 0.510. The van der Waals surface area contributed by atoms with Gasteiger partial charge in [-0.25, -0.2) is 4.98 Å². The maximum Gasteiger partial charge on any atom is 0.218 e. The zero-order valence-corrected chi connectivity index (χ0v) is 13.5. The number of aromatic nitrogens is 2. The molecule has 0 bridgehead atoms. The molecule has 1 fully saturated rings. The fourth-order valence-electron chi connectivity index (χ4n) is 2.75. The van der Waals surface area contributed by atoms with Crippen LogP contribution in [-0.4, -0.2) is 23.1 Å². The Labute approximate surface area is 128 Å². The van der Waals surface area contributed by atoms with Crippen molar-refractivity contribution >= 4 is 5.82 Å². The second-order valence-corrected chi connectivity index (χ2v) is 5.91. The summed E-state index contributed by atoms with van der Waals surface area (Å²) in [6.45, 7) is 5.99. The van der Waals surface area contributed by atoms with Crippen LogP contribution in [0, 0.1) is 0 Å². The Morgan fingerprint density at radius 2 is 1.95 bits per heavy atom. The first-order valence-corrected chi connectivity index (χ1v) is 8.59. The molecule has 4 heteroatoms. The Morgan fingerprint density at radius 3 is 2.67 bits per heavy atom. The SMILES string of the molecule is CCCCNc1cc(OCCC)nc(C2CCCCC2)n1. The third-order valence-corrected chi connectivity index (χ3v) is 3.98. The number of unbranched alkanes of at least 4 members (excludes halogenated alkanes) is 1. The predicted molar refractivity (Wildman–Crippen MR) is 87.0 cm³/mol. The van der Waals surface area contributed by atoms with Gasteiger partial charge < -0.3 is 10.1 Å². The molecule has 1 N–H and O–H groups in total. The van der Waals surface area contributed by atoms with Gasteiger partial charge in [0.1, 0.15) is 11.6 Å². The van der Waals surface area contributed by atoms with Crippen molar-refractivity contribution < 1.29 is 4.74 Å². The molecule has 0 saturated heterocycles. The van der Waals surface area contributed by atoms with Gasteiger partial charge in [-0.3, -0.25) is 0 Å². The lowest BCUT2D eigenvalue weighted by Gasteiger charge is -2.21. The molecule has 0 spiro atoms. The van der Waals surface area contributed by atoms with Crippen LogP contribution in [0.25, 0.3) is 0 Å². The van der Waals surface area contributed by atoms with Crippen molar-refractivity contribution in [2.45, 2.75) is 71.1 Å².